The van der Waals surface area contributed by atoms with Gasteiger partial charge in [0.15, 0.2) is 0 Å². The Balaban J connectivity index is 1.96. The second-order valence-electron chi connectivity index (χ2n) is 3.82. The molecule has 0 amide bonds. The summed E-state index contributed by atoms with van der Waals surface area (Å²) >= 11 is 0. The average Bonchev–Trinajstić information content (AvgIpc) is 2.82. The van der Waals surface area contributed by atoms with Crippen LogP contribution in [-0.4, -0.2) is 14.9 Å². The molecule has 1 aliphatic rings. The molecular formula is C10H16N2O. The van der Waals surface area contributed by atoms with E-state index in [9.17, 15) is 5.11 Å². The Bertz CT molecular complexity index is 278. The molecule has 1 heterocycles. The van der Waals surface area contributed by atoms with Gasteiger partial charge in [0.2, 0.25) is 0 Å². The van der Waals surface area contributed by atoms with Crippen LogP contribution in [0.4, 0.5) is 0 Å². The van der Waals surface area contributed by atoms with Crippen LogP contribution in [0, 0.1) is 5.92 Å². The predicted octanol–water partition coefficient (Wildman–Crippen LogP) is 1.74. The molecule has 0 aromatic carbocycles. The maximum Gasteiger partial charge on any atom is 0.0823 e. The normalized spacial score (nSPS) is 18.9. The highest BCUT2D eigenvalue weighted by Gasteiger charge is 2.25. The Labute approximate surface area is 78.4 Å². The Hall–Kier alpha value is -0.830. The molecule has 1 aromatic heterocycles. The standard InChI is InChI=1S/C10H16N2O/c1-2-12-7-9(6-11-12)10(13)5-8-3-4-8/h6-8,10,13H,2-5H2,1H3. The highest BCUT2D eigenvalue weighted by atomic mass is 16.3. The van der Waals surface area contributed by atoms with E-state index in [4.69, 9.17) is 0 Å². The van der Waals surface area contributed by atoms with E-state index < -0.39 is 0 Å². The number of nitrogens with zero attached hydrogens (tertiary/aromatic N) is 2. The molecule has 0 bridgehead atoms. The number of aliphatic hydroxyl groups excluding tert-OH is 1. The molecular weight excluding hydrogens is 164 g/mol. The quantitative estimate of drug-likeness (QED) is 0.766. The first-order valence-corrected chi connectivity index (χ1v) is 5.00. The van der Waals surface area contributed by atoms with Crippen LogP contribution in [0.3, 0.4) is 0 Å². The fourth-order valence-electron chi connectivity index (χ4n) is 1.53. The molecule has 1 fully saturated rings. The van der Waals surface area contributed by atoms with Gasteiger partial charge in [-0.3, -0.25) is 4.68 Å². The summed E-state index contributed by atoms with van der Waals surface area (Å²) in [5.74, 6) is 0.764. The second kappa shape index (κ2) is 3.50. The van der Waals surface area contributed by atoms with Crippen molar-refractivity contribution in [1.29, 1.82) is 0 Å². The van der Waals surface area contributed by atoms with Gasteiger partial charge in [0.1, 0.15) is 0 Å². The summed E-state index contributed by atoms with van der Waals surface area (Å²) in [5.41, 5.74) is 0.966. The van der Waals surface area contributed by atoms with E-state index in [1.165, 1.54) is 12.8 Å². The van der Waals surface area contributed by atoms with Crippen molar-refractivity contribution in [3.8, 4) is 0 Å². The van der Waals surface area contributed by atoms with E-state index in [2.05, 4.69) is 5.10 Å². The summed E-state index contributed by atoms with van der Waals surface area (Å²) in [6.07, 6.45) is 6.91. The van der Waals surface area contributed by atoms with Crippen LogP contribution >= 0.6 is 0 Å². The lowest BCUT2D eigenvalue weighted by Gasteiger charge is -2.05. The zero-order chi connectivity index (χ0) is 9.26. The summed E-state index contributed by atoms with van der Waals surface area (Å²) < 4.78 is 1.85. The molecule has 1 N–H and O–H groups in total. The van der Waals surface area contributed by atoms with Gasteiger partial charge in [0, 0.05) is 18.3 Å². The van der Waals surface area contributed by atoms with Gasteiger partial charge < -0.3 is 5.11 Å². The van der Waals surface area contributed by atoms with Crippen molar-refractivity contribution in [1.82, 2.24) is 9.78 Å². The smallest absolute Gasteiger partial charge is 0.0823 e. The molecule has 0 saturated heterocycles. The lowest BCUT2D eigenvalue weighted by Crippen LogP contribution is -1.97. The van der Waals surface area contributed by atoms with Crippen molar-refractivity contribution >= 4 is 0 Å². The molecule has 0 radical (unpaired) electrons. The van der Waals surface area contributed by atoms with Crippen molar-refractivity contribution in [2.45, 2.75) is 38.8 Å². The van der Waals surface area contributed by atoms with Crippen molar-refractivity contribution < 1.29 is 5.11 Å². The summed E-state index contributed by atoms with van der Waals surface area (Å²) in [4.78, 5) is 0. The molecule has 1 atom stereocenters. The van der Waals surface area contributed by atoms with Gasteiger partial charge in [-0.05, 0) is 19.3 Å². The predicted molar refractivity (Wildman–Crippen MR) is 50.2 cm³/mol. The second-order valence-corrected chi connectivity index (χ2v) is 3.82. The molecule has 0 aliphatic heterocycles. The number of aryl methyl sites for hydroxylation is 1. The number of aliphatic hydroxyl groups is 1. The summed E-state index contributed by atoms with van der Waals surface area (Å²) in [6.45, 7) is 2.92. The van der Waals surface area contributed by atoms with Gasteiger partial charge in [0.05, 0.1) is 12.3 Å². The summed E-state index contributed by atoms with van der Waals surface area (Å²) in [7, 11) is 0. The Morgan fingerprint density at radius 1 is 1.69 bits per heavy atom. The first-order chi connectivity index (χ1) is 6.29. The number of rotatable bonds is 4. The van der Waals surface area contributed by atoms with Crippen LogP contribution in [0.5, 0.6) is 0 Å². The van der Waals surface area contributed by atoms with Crippen LogP contribution in [-0.2, 0) is 6.54 Å². The zero-order valence-corrected chi connectivity index (χ0v) is 7.98. The van der Waals surface area contributed by atoms with Crippen LogP contribution in [0.15, 0.2) is 12.4 Å². The van der Waals surface area contributed by atoms with Gasteiger partial charge in [-0.15, -0.1) is 0 Å². The van der Waals surface area contributed by atoms with Crippen LogP contribution in [0.2, 0.25) is 0 Å². The topological polar surface area (TPSA) is 38.0 Å². The van der Waals surface area contributed by atoms with Gasteiger partial charge in [0.25, 0.3) is 0 Å². The minimum Gasteiger partial charge on any atom is -0.388 e. The minimum atomic E-state index is -0.298. The largest absolute Gasteiger partial charge is 0.388 e. The fraction of sp³-hybridized carbons (Fsp3) is 0.700. The van der Waals surface area contributed by atoms with Crippen molar-refractivity contribution in [3.63, 3.8) is 0 Å². The molecule has 3 heteroatoms. The van der Waals surface area contributed by atoms with Crippen LogP contribution in [0.1, 0.15) is 37.9 Å². The Morgan fingerprint density at radius 2 is 2.46 bits per heavy atom. The first kappa shape index (κ1) is 8.75. The molecule has 1 aliphatic carbocycles. The van der Waals surface area contributed by atoms with E-state index in [-0.39, 0.29) is 6.10 Å². The lowest BCUT2D eigenvalue weighted by atomic mass is 10.1. The summed E-state index contributed by atoms with van der Waals surface area (Å²) in [6, 6.07) is 0. The van der Waals surface area contributed by atoms with E-state index in [1.54, 1.807) is 6.20 Å². The summed E-state index contributed by atoms with van der Waals surface area (Å²) in [5, 5.41) is 13.9. The monoisotopic (exact) mass is 180 g/mol. The third-order valence-electron chi connectivity index (χ3n) is 2.62. The van der Waals surface area contributed by atoms with Gasteiger partial charge >= 0.3 is 0 Å². The van der Waals surface area contributed by atoms with Crippen molar-refractivity contribution in [2.75, 3.05) is 0 Å². The third-order valence-corrected chi connectivity index (χ3v) is 2.62. The Morgan fingerprint density at radius 3 is 3.00 bits per heavy atom. The van der Waals surface area contributed by atoms with E-state index >= 15 is 0 Å². The van der Waals surface area contributed by atoms with Crippen molar-refractivity contribution in [3.05, 3.63) is 18.0 Å². The van der Waals surface area contributed by atoms with Gasteiger partial charge in [-0.25, -0.2) is 0 Å². The highest BCUT2D eigenvalue weighted by Crippen LogP contribution is 2.37. The molecule has 1 saturated carbocycles. The molecule has 72 valence electrons. The molecule has 1 unspecified atom stereocenters. The van der Waals surface area contributed by atoms with E-state index in [0.717, 1.165) is 24.4 Å². The Kier molecular flexibility index (Phi) is 2.36. The molecule has 13 heavy (non-hydrogen) atoms. The van der Waals surface area contributed by atoms with E-state index in [1.807, 2.05) is 17.8 Å². The SMILES string of the molecule is CCn1cc(C(O)CC2CC2)cn1. The highest BCUT2D eigenvalue weighted by molar-refractivity contribution is 5.08. The van der Waals surface area contributed by atoms with Crippen molar-refractivity contribution in [2.24, 2.45) is 5.92 Å². The third kappa shape index (κ3) is 2.10. The number of aromatic nitrogens is 2. The maximum atomic E-state index is 9.79. The molecule has 2 rings (SSSR count). The fourth-order valence-corrected chi connectivity index (χ4v) is 1.53. The van der Waals surface area contributed by atoms with Crippen LogP contribution in [0.25, 0.3) is 0 Å². The van der Waals surface area contributed by atoms with E-state index in [0.29, 0.717) is 0 Å². The van der Waals surface area contributed by atoms with Gasteiger partial charge in [-0.2, -0.15) is 5.10 Å². The molecule has 0 spiro atoms. The molecule has 3 nitrogen and oxygen atoms in total. The number of hydrogen-bond acceptors (Lipinski definition) is 2. The zero-order valence-electron chi connectivity index (χ0n) is 7.98. The first-order valence-electron chi connectivity index (χ1n) is 5.00. The molecule has 1 aromatic rings. The number of hydrogen-bond donors (Lipinski definition) is 1. The maximum absolute atomic E-state index is 9.79. The van der Waals surface area contributed by atoms with Gasteiger partial charge in [-0.1, -0.05) is 12.8 Å². The lowest BCUT2D eigenvalue weighted by molar-refractivity contribution is 0.160. The van der Waals surface area contributed by atoms with Crippen LogP contribution < -0.4 is 0 Å². The average molecular weight is 180 g/mol. The minimum absolute atomic E-state index is 0.298.